The number of halogens is 3. The van der Waals surface area contributed by atoms with Crippen LogP contribution in [0.5, 0.6) is 11.5 Å². The number of pyridine rings is 2. The Labute approximate surface area is 356 Å². The Kier molecular flexibility index (Phi) is 21.8. The molecule has 6 rings (SSSR count). The van der Waals surface area contributed by atoms with Crippen molar-refractivity contribution in [3.8, 4) is 33.8 Å². The van der Waals surface area contributed by atoms with Gasteiger partial charge in [0, 0.05) is 24.6 Å². The van der Waals surface area contributed by atoms with Gasteiger partial charge in [0.2, 0.25) is 6.29 Å². The first-order chi connectivity index (χ1) is 26.2. The number of nitrogens with zero attached hydrogens (tertiary/aromatic N) is 2. The molecular formula is C43H48BBr3N4O5. The van der Waals surface area contributed by atoms with Gasteiger partial charge in [-0.3, -0.25) is 14.8 Å². The lowest BCUT2D eigenvalue weighted by molar-refractivity contribution is -0.142. The van der Waals surface area contributed by atoms with Gasteiger partial charge in [-0.25, -0.2) is 0 Å². The molecule has 4 aromatic carbocycles. The van der Waals surface area contributed by atoms with Gasteiger partial charge in [-0.15, -0.1) is 47.3 Å². The number of phenolic OH excluding ortho intramolecular Hbond substituents is 1. The third-order valence-electron chi connectivity index (χ3n) is 7.46. The van der Waals surface area contributed by atoms with Crippen LogP contribution < -0.4 is 15.4 Å². The number of anilines is 4. The zero-order valence-corrected chi connectivity index (χ0v) is 34.7. The summed E-state index contributed by atoms with van der Waals surface area (Å²) in [5, 5.41) is 16.2. The number of hydrogen-bond donors (Lipinski definition) is 3. The van der Waals surface area contributed by atoms with Crippen LogP contribution >= 0.6 is 47.3 Å². The first-order valence-corrected chi connectivity index (χ1v) is 19.7. The van der Waals surface area contributed by atoms with Gasteiger partial charge in [0.25, 0.3) is 0 Å². The van der Waals surface area contributed by atoms with Gasteiger partial charge in [-0.2, -0.15) is 0 Å². The largest absolute Gasteiger partial charge is 0.508 e. The molecule has 2 aromatic heterocycles. The average molecular weight is 951 g/mol. The molecule has 2 heterocycles. The maximum Gasteiger partial charge on any atom is 0.369 e. The molecule has 0 atom stereocenters. The molecule has 0 saturated heterocycles. The molecule has 0 saturated carbocycles. The van der Waals surface area contributed by atoms with Gasteiger partial charge in [-0.1, -0.05) is 63.4 Å². The second-order valence-electron chi connectivity index (χ2n) is 11.2. The van der Waals surface area contributed by atoms with Crippen molar-refractivity contribution in [2.45, 2.75) is 35.0 Å². The molecule has 56 heavy (non-hydrogen) atoms. The quantitative estimate of drug-likeness (QED) is 0.0591. The smallest absolute Gasteiger partial charge is 0.369 e. The molecule has 0 fully saturated rings. The zero-order valence-electron chi connectivity index (χ0n) is 30.0. The number of aldehydes is 1. The number of carbonyl (C=O) groups excluding carboxylic acids is 1. The van der Waals surface area contributed by atoms with Crippen LogP contribution in [0.1, 0.15) is 51.2 Å². The van der Waals surface area contributed by atoms with E-state index >= 15 is 0 Å². The molecular weight excluding hydrogens is 903 g/mol. The van der Waals surface area contributed by atoms with Crippen LogP contribution in [0, 0.1) is 0 Å². The highest BCUT2D eigenvalue weighted by Crippen LogP contribution is 2.29. The Bertz CT molecular complexity index is 2030. The lowest BCUT2D eigenvalue weighted by atomic mass is 10.0. The number of benzene rings is 4. The van der Waals surface area contributed by atoms with Crippen LogP contribution in [0.4, 0.5) is 22.7 Å². The van der Waals surface area contributed by atoms with Crippen molar-refractivity contribution in [2.24, 2.45) is 0 Å². The number of aromatic hydroxyl groups is 1. The fourth-order valence-corrected chi connectivity index (χ4v) is 5.06. The standard InChI is InChI=1S/C23H26N2O3.C18H14N2O2.2CH4.BBr3/c1-4-27-23(28-5-2)22-13-12-20(16-24-22)25-19-10-6-8-17(14-19)18-9-7-11-21(15-18)26-3;21-12-17-8-7-16(11-19-17)20-15-5-1-3-13(9-15)14-4-2-6-18(22)10-14;;;2-1(3)4/h6-16,23,25H,4-5H2,1-3H3;1-12,20,22H;2*1H4;. The van der Waals surface area contributed by atoms with Crippen molar-refractivity contribution in [2.75, 3.05) is 31.0 Å². The Hall–Kier alpha value is -4.53. The maximum atomic E-state index is 10.6. The first kappa shape index (κ1) is 47.6. The maximum absolute atomic E-state index is 10.6. The highest BCUT2D eigenvalue weighted by molar-refractivity contribution is 9.69. The van der Waals surface area contributed by atoms with Crippen LogP contribution in [0.15, 0.2) is 134 Å². The summed E-state index contributed by atoms with van der Waals surface area (Å²) in [6.45, 7) is 5.03. The predicted molar refractivity (Wildman–Crippen MR) is 244 cm³/mol. The number of phenols is 1. The second-order valence-corrected chi connectivity index (χ2v) is 17.7. The van der Waals surface area contributed by atoms with Gasteiger partial charge < -0.3 is 30.0 Å². The van der Waals surface area contributed by atoms with E-state index in [0.29, 0.717) is 25.2 Å². The van der Waals surface area contributed by atoms with Crippen molar-refractivity contribution >= 4 is 79.5 Å². The van der Waals surface area contributed by atoms with E-state index in [-0.39, 0.29) is 23.8 Å². The van der Waals surface area contributed by atoms with Gasteiger partial charge in [0.05, 0.1) is 36.6 Å². The number of nitrogens with one attached hydrogen (secondary N) is 2. The molecule has 0 aliphatic carbocycles. The summed E-state index contributed by atoms with van der Waals surface area (Å²) in [5.74, 6) is 1.08. The average Bonchev–Trinajstić information content (AvgIpc) is 3.19. The molecule has 294 valence electrons. The molecule has 0 unspecified atom stereocenters. The lowest BCUT2D eigenvalue weighted by Gasteiger charge is -2.16. The summed E-state index contributed by atoms with van der Waals surface area (Å²) in [6, 6.07) is 38.6. The van der Waals surface area contributed by atoms with Crippen molar-refractivity contribution in [3.05, 3.63) is 145 Å². The summed E-state index contributed by atoms with van der Waals surface area (Å²) < 4.78 is 16.8. The molecule has 0 radical (unpaired) electrons. The summed E-state index contributed by atoms with van der Waals surface area (Å²) in [7, 11) is 1.68. The van der Waals surface area contributed by atoms with E-state index in [1.165, 1.54) is 0 Å². The molecule has 0 amide bonds. The van der Waals surface area contributed by atoms with E-state index in [2.05, 4.69) is 86.1 Å². The van der Waals surface area contributed by atoms with Crippen molar-refractivity contribution < 1.29 is 24.1 Å². The number of rotatable bonds is 13. The summed E-state index contributed by atoms with van der Waals surface area (Å²) in [4.78, 5) is 19.1. The monoisotopic (exact) mass is 948 g/mol. The van der Waals surface area contributed by atoms with Gasteiger partial charge in [-0.05, 0) is 109 Å². The van der Waals surface area contributed by atoms with E-state index in [1.54, 1.807) is 43.8 Å². The van der Waals surface area contributed by atoms with E-state index in [1.807, 2.05) is 92.7 Å². The highest BCUT2D eigenvalue weighted by Gasteiger charge is 2.13. The first-order valence-electron chi connectivity index (χ1n) is 16.9. The number of carbonyl (C=O) groups is 1. The van der Waals surface area contributed by atoms with E-state index in [4.69, 9.17) is 14.2 Å². The normalized spacial score (nSPS) is 9.91. The van der Waals surface area contributed by atoms with Gasteiger partial charge in [0.1, 0.15) is 17.2 Å². The Balaban J connectivity index is 0.000000349. The molecule has 6 aromatic rings. The fraction of sp³-hybridized carbons (Fsp3) is 0.186. The highest BCUT2D eigenvalue weighted by atomic mass is 79.9. The van der Waals surface area contributed by atoms with Crippen LogP contribution in [0.25, 0.3) is 22.3 Å². The van der Waals surface area contributed by atoms with Crippen LogP contribution in [0.2, 0.25) is 0 Å². The van der Waals surface area contributed by atoms with Gasteiger partial charge in [0.15, 0.2) is 6.29 Å². The molecule has 0 aliphatic heterocycles. The van der Waals surface area contributed by atoms with Crippen molar-refractivity contribution in [3.63, 3.8) is 0 Å². The lowest BCUT2D eigenvalue weighted by Crippen LogP contribution is -2.10. The molecule has 3 N–H and O–H groups in total. The minimum Gasteiger partial charge on any atom is -0.508 e. The topological polar surface area (TPSA) is 115 Å². The summed E-state index contributed by atoms with van der Waals surface area (Å²) >= 11 is 9.31. The molecule has 0 aliphatic rings. The van der Waals surface area contributed by atoms with Crippen molar-refractivity contribution in [1.82, 2.24) is 9.97 Å². The summed E-state index contributed by atoms with van der Waals surface area (Å²) in [5.41, 5.74) is 8.92. The predicted octanol–water partition coefficient (Wildman–Crippen LogP) is 13.0. The number of methoxy groups -OCH3 is 1. The van der Waals surface area contributed by atoms with Crippen LogP contribution in [-0.2, 0) is 9.47 Å². The van der Waals surface area contributed by atoms with E-state index < -0.39 is 6.29 Å². The van der Waals surface area contributed by atoms with E-state index in [0.717, 1.165) is 56.4 Å². The van der Waals surface area contributed by atoms with Crippen LogP contribution in [0.3, 0.4) is 0 Å². The van der Waals surface area contributed by atoms with Crippen molar-refractivity contribution in [1.29, 1.82) is 0 Å². The minimum absolute atomic E-state index is 0. The third kappa shape index (κ3) is 15.9. The Morgan fingerprint density at radius 2 is 1.14 bits per heavy atom. The number of ether oxygens (including phenoxy) is 3. The SMILES string of the molecule is BrB(Br)Br.C.C.CCOC(OCC)c1ccc(Nc2cccc(-c3cccc(OC)c3)c2)cn1.O=Cc1ccc(Nc2cccc(-c3cccc(O)c3)c2)cn1. The van der Waals surface area contributed by atoms with Gasteiger partial charge >= 0.3 is 3.18 Å². The zero-order chi connectivity index (χ0) is 38.7. The number of aromatic nitrogens is 2. The Morgan fingerprint density at radius 1 is 0.661 bits per heavy atom. The molecule has 0 spiro atoms. The van der Waals surface area contributed by atoms with Crippen LogP contribution in [-0.4, -0.2) is 44.9 Å². The van der Waals surface area contributed by atoms with E-state index in [9.17, 15) is 9.90 Å². The third-order valence-corrected chi connectivity index (χ3v) is 7.46. The summed E-state index contributed by atoms with van der Waals surface area (Å²) in [6.07, 6.45) is 3.69. The number of hydrogen-bond acceptors (Lipinski definition) is 9. The molecule has 13 heteroatoms. The Morgan fingerprint density at radius 3 is 1.59 bits per heavy atom. The molecule has 9 nitrogen and oxygen atoms in total. The molecule has 0 bridgehead atoms. The fourth-order valence-electron chi connectivity index (χ4n) is 5.06. The second kappa shape index (κ2) is 25.6. The minimum atomic E-state index is -0.430.